The van der Waals surface area contributed by atoms with Crippen LogP contribution in [0, 0.1) is 5.92 Å². The van der Waals surface area contributed by atoms with Crippen molar-refractivity contribution in [2.45, 2.75) is 96.1 Å². The summed E-state index contributed by atoms with van der Waals surface area (Å²) in [6.45, 7) is 21.1. The number of benzene rings is 2. The molecule has 2 aliphatic heterocycles. The van der Waals surface area contributed by atoms with Crippen LogP contribution in [0.4, 0.5) is 0 Å². The van der Waals surface area contributed by atoms with Crippen LogP contribution in [0.25, 0.3) is 33.5 Å². The summed E-state index contributed by atoms with van der Waals surface area (Å²) < 4.78 is 33.8. The molecule has 8 nitrogen and oxygen atoms in total. The Morgan fingerprint density at radius 1 is 0.857 bits per heavy atom. The second kappa shape index (κ2) is 14.6. The zero-order chi connectivity index (χ0) is 35.0. The number of imidazole rings is 1. The molecule has 0 radical (unpaired) electrons. The molecular formula is C38H52ClN3O5Si2. The summed E-state index contributed by atoms with van der Waals surface area (Å²) in [5, 5.41) is 0.685. The molecule has 264 valence electrons. The van der Waals surface area contributed by atoms with Gasteiger partial charge in [0.25, 0.3) is 0 Å². The van der Waals surface area contributed by atoms with Crippen LogP contribution in [-0.2, 0) is 25.4 Å². The number of hydrogen-bond acceptors (Lipinski definition) is 7. The molecule has 0 spiro atoms. The van der Waals surface area contributed by atoms with Crippen LogP contribution in [0.1, 0.15) is 27.2 Å². The van der Waals surface area contributed by atoms with Crippen molar-refractivity contribution >= 4 is 39.2 Å². The fraction of sp³-hybridized carbons (Fsp3) is 0.526. The van der Waals surface area contributed by atoms with E-state index in [0.717, 1.165) is 34.7 Å². The Labute approximate surface area is 298 Å². The van der Waals surface area contributed by atoms with E-state index in [1.54, 1.807) is 0 Å². The minimum atomic E-state index is -1.94. The highest BCUT2D eigenvalue weighted by Gasteiger charge is 2.51. The van der Waals surface area contributed by atoms with Gasteiger partial charge in [0.05, 0.1) is 48.3 Å². The average molecular weight is 722 g/mol. The maximum atomic E-state index is 6.90. The van der Waals surface area contributed by atoms with E-state index in [9.17, 15) is 0 Å². The van der Waals surface area contributed by atoms with Crippen molar-refractivity contribution in [2.75, 3.05) is 26.4 Å². The van der Waals surface area contributed by atoms with Crippen LogP contribution >= 0.6 is 11.6 Å². The molecule has 2 aliphatic rings. The van der Waals surface area contributed by atoms with Crippen molar-refractivity contribution in [3.05, 3.63) is 65.7 Å². The molecule has 0 bridgehead atoms. The molecular weight excluding hydrogens is 670 g/mol. The highest BCUT2D eigenvalue weighted by atomic mass is 35.5. The molecule has 4 heterocycles. The molecule has 0 aliphatic carbocycles. The molecule has 0 saturated carbocycles. The van der Waals surface area contributed by atoms with Gasteiger partial charge in [-0.3, -0.25) is 4.57 Å². The molecule has 0 amide bonds. The van der Waals surface area contributed by atoms with Crippen molar-refractivity contribution in [3.63, 3.8) is 0 Å². The highest BCUT2D eigenvalue weighted by Crippen LogP contribution is 2.41. The van der Waals surface area contributed by atoms with Crippen LogP contribution in [0.3, 0.4) is 0 Å². The Hall–Kier alpha value is -2.58. The summed E-state index contributed by atoms with van der Waals surface area (Å²) in [5.74, 6) is 0.224. The van der Waals surface area contributed by atoms with Gasteiger partial charge in [0.1, 0.15) is 12.8 Å². The summed E-state index contributed by atoms with van der Waals surface area (Å²) in [6.07, 6.45) is 0.739. The minimum Gasteiger partial charge on any atom is -0.465 e. The predicted octanol–water partition coefficient (Wildman–Crippen LogP) is 9.30. The van der Waals surface area contributed by atoms with Gasteiger partial charge in [0, 0.05) is 26.2 Å². The molecule has 2 saturated heterocycles. The lowest BCUT2D eigenvalue weighted by atomic mass is 9.98. The smallest absolute Gasteiger partial charge is 0.300 e. The van der Waals surface area contributed by atoms with Gasteiger partial charge < -0.3 is 23.4 Å². The van der Waals surface area contributed by atoms with E-state index in [-0.39, 0.29) is 29.3 Å². The molecule has 49 heavy (non-hydrogen) atoms. The van der Waals surface area contributed by atoms with E-state index in [2.05, 4.69) is 89.9 Å². The van der Waals surface area contributed by atoms with Gasteiger partial charge in [0.2, 0.25) is 0 Å². The van der Waals surface area contributed by atoms with Gasteiger partial charge in [-0.25, -0.2) is 4.98 Å². The Morgan fingerprint density at radius 3 is 2.22 bits per heavy atom. The first-order chi connectivity index (χ1) is 23.2. The molecule has 6 rings (SSSR count). The summed E-state index contributed by atoms with van der Waals surface area (Å²) >= 11 is 6.90. The van der Waals surface area contributed by atoms with Crippen molar-refractivity contribution in [1.82, 2.24) is 14.5 Å². The number of fused-ring (bicyclic) bond motifs is 2. The van der Waals surface area contributed by atoms with Crippen LogP contribution in [0.2, 0.25) is 48.8 Å². The SMILES string of the molecule is CC(C)(C)[Si](C)(C)O[C@@H]1CO[C@@H]2C(CCOc3nc4nc(-c5ccc(-c6ccccc6)cc5)c(Cl)cc4n3COCC[Si](C)(C)C)CO[C@@H]21. The number of hydrogen-bond donors (Lipinski definition) is 0. The van der Waals surface area contributed by atoms with Crippen LogP contribution < -0.4 is 4.74 Å². The number of aromatic nitrogens is 3. The number of halogens is 1. The summed E-state index contributed by atoms with van der Waals surface area (Å²) in [6, 6.07) is 22.1. The first kappa shape index (κ1) is 36.2. The monoisotopic (exact) mass is 721 g/mol. The van der Waals surface area contributed by atoms with Crippen LogP contribution in [-0.4, -0.2) is 75.7 Å². The first-order valence-electron chi connectivity index (χ1n) is 17.5. The van der Waals surface area contributed by atoms with Gasteiger partial charge in [0.15, 0.2) is 14.0 Å². The second-order valence-corrected chi connectivity index (χ2v) is 27.0. The van der Waals surface area contributed by atoms with Gasteiger partial charge in [-0.1, -0.05) is 107 Å². The molecule has 2 aromatic carbocycles. The van der Waals surface area contributed by atoms with Gasteiger partial charge >= 0.3 is 6.01 Å². The Balaban J connectivity index is 1.17. The van der Waals surface area contributed by atoms with E-state index in [0.29, 0.717) is 55.5 Å². The van der Waals surface area contributed by atoms with Crippen molar-refractivity contribution in [2.24, 2.45) is 5.92 Å². The summed E-state index contributed by atoms with van der Waals surface area (Å²) in [4.78, 5) is 9.80. The summed E-state index contributed by atoms with van der Waals surface area (Å²) in [7, 11) is -3.18. The average Bonchev–Trinajstić information content (AvgIpc) is 3.73. The molecule has 2 aromatic heterocycles. The number of pyridine rings is 1. The van der Waals surface area contributed by atoms with E-state index in [4.69, 9.17) is 44.9 Å². The molecule has 1 unspecified atom stereocenters. The Bertz CT molecular complexity index is 1720. The minimum absolute atomic E-state index is 0.0124. The molecule has 11 heteroatoms. The molecule has 0 N–H and O–H groups in total. The second-order valence-electron chi connectivity index (χ2n) is 16.2. The number of nitrogens with zero attached hydrogens (tertiary/aromatic N) is 3. The molecule has 4 atom stereocenters. The fourth-order valence-electron chi connectivity index (χ4n) is 6.18. The quantitative estimate of drug-likeness (QED) is 0.101. The zero-order valence-electron chi connectivity index (χ0n) is 30.3. The van der Waals surface area contributed by atoms with Crippen molar-refractivity contribution in [3.8, 4) is 28.4 Å². The third-order valence-electron chi connectivity index (χ3n) is 10.2. The highest BCUT2D eigenvalue weighted by molar-refractivity contribution is 6.76. The third kappa shape index (κ3) is 8.33. The maximum Gasteiger partial charge on any atom is 0.300 e. The largest absolute Gasteiger partial charge is 0.465 e. The number of ether oxygens (including phenoxy) is 4. The topological polar surface area (TPSA) is 76.9 Å². The first-order valence-corrected chi connectivity index (χ1v) is 24.5. The van der Waals surface area contributed by atoms with E-state index in [1.165, 1.54) is 0 Å². The molecule has 2 fully saturated rings. The van der Waals surface area contributed by atoms with Crippen molar-refractivity contribution in [1.29, 1.82) is 0 Å². The van der Waals surface area contributed by atoms with Crippen LogP contribution in [0.5, 0.6) is 6.01 Å². The molecule has 4 aromatic rings. The predicted molar refractivity (Wildman–Crippen MR) is 203 cm³/mol. The van der Waals surface area contributed by atoms with E-state index in [1.807, 2.05) is 28.8 Å². The standard InChI is InChI=1S/C38H52ClN3O5Si2/c1-38(2,3)49(7,8)47-32-24-46-34-29(23-45-35(32)34)18-19-44-37-41-36-31(42(37)25-43-20-21-48(4,5)6)22-30(39)33(40-36)28-16-14-27(15-17-28)26-12-10-9-11-13-26/h9-17,22,29,32,34-35H,18-21,23-25H2,1-8H3/t29?,32-,34-,35-/m1/s1. The number of rotatable bonds is 13. The van der Waals surface area contributed by atoms with Gasteiger partial charge in [-0.05, 0) is 47.8 Å². The summed E-state index contributed by atoms with van der Waals surface area (Å²) in [5.41, 5.74) is 5.27. The van der Waals surface area contributed by atoms with Crippen LogP contribution in [0.15, 0.2) is 60.7 Å². The lowest BCUT2D eigenvalue weighted by molar-refractivity contribution is 0.0223. The van der Waals surface area contributed by atoms with E-state index < -0.39 is 16.4 Å². The fourth-order valence-corrected chi connectivity index (χ4v) is 8.50. The van der Waals surface area contributed by atoms with Gasteiger partial charge in [-0.15, -0.1) is 0 Å². The maximum absolute atomic E-state index is 6.90. The normalized spacial score (nSPS) is 21.4. The Morgan fingerprint density at radius 2 is 1.53 bits per heavy atom. The lowest BCUT2D eigenvalue weighted by Crippen LogP contribution is -2.47. The lowest BCUT2D eigenvalue weighted by Gasteiger charge is -2.39. The van der Waals surface area contributed by atoms with Crippen molar-refractivity contribution < 1.29 is 23.4 Å². The van der Waals surface area contributed by atoms with E-state index >= 15 is 0 Å². The zero-order valence-corrected chi connectivity index (χ0v) is 33.0. The van der Waals surface area contributed by atoms with Gasteiger partial charge in [-0.2, -0.15) is 4.98 Å². The third-order valence-corrected chi connectivity index (χ3v) is 16.7. The Kier molecular flexibility index (Phi) is 10.8.